The molecule has 0 saturated carbocycles. The van der Waals surface area contributed by atoms with Gasteiger partial charge in [-0.1, -0.05) is 0 Å². The summed E-state index contributed by atoms with van der Waals surface area (Å²) >= 11 is 0. The van der Waals surface area contributed by atoms with Crippen LogP contribution in [0.4, 0.5) is 0 Å². The first-order valence-electron chi connectivity index (χ1n) is 6.01. The zero-order valence-corrected chi connectivity index (χ0v) is 10.1. The van der Waals surface area contributed by atoms with Crippen molar-refractivity contribution in [2.24, 2.45) is 0 Å². The molecule has 5 nitrogen and oxygen atoms in total. The molecule has 16 heavy (non-hydrogen) atoms. The first kappa shape index (κ1) is 13.4. The summed E-state index contributed by atoms with van der Waals surface area (Å²) in [5.41, 5.74) is 0. The summed E-state index contributed by atoms with van der Waals surface area (Å²) in [6, 6.07) is 0. The highest BCUT2D eigenvalue weighted by atomic mass is 16.5. The van der Waals surface area contributed by atoms with Gasteiger partial charge in [0.1, 0.15) is 0 Å². The maximum absolute atomic E-state index is 11.2. The molecule has 0 unspecified atom stereocenters. The lowest BCUT2D eigenvalue weighted by atomic mass is 10.3. The summed E-state index contributed by atoms with van der Waals surface area (Å²) in [5, 5.41) is 6.22. The average molecular weight is 229 g/mol. The highest BCUT2D eigenvalue weighted by molar-refractivity contribution is 5.75. The van der Waals surface area contributed by atoms with E-state index in [4.69, 9.17) is 4.74 Å². The second kappa shape index (κ2) is 8.50. The van der Waals surface area contributed by atoms with E-state index in [2.05, 4.69) is 15.5 Å². The van der Waals surface area contributed by atoms with Gasteiger partial charge < -0.3 is 20.3 Å². The van der Waals surface area contributed by atoms with Gasteiger partial charge in [-0.3, -0.25) is 4.79 Å². The number of nitrogens with zero attached hydrogens (tertiary/aromatic N) is 1. The smallest absolute Gasteiger partial charge is 0.222 e. The van der Waals surface area contributed by atoms with E-state index in [9.17, 15) is 4.79 Å². The van der Waals surface area contributed by atoms with Crippen molar-refractivity contribution in [3.8, 4) is 0 Å². The molecular formula is C11H23N3O2. The monoisotopic (exact) mass is 229 g/mol. The van der Waals surface area contributed by atoms with Gasteiger partial charge in [-0.15, -0.1) is 0 Å². The highest BCUT2D eigenvalue weighted by Crippen LogP contribution is 1.93. The van der Waals surface area contributed by atoms with Gasteiger partial charge in [-0.25, -0.2) is 0 Å². The van der Waals surface area contributed by atoms with E-state index in [0.717, 1.165) is 45.7 Å². The van der Waals surface area contributed by atoms with Gasteiger partial charge in [0.25, 0.3) is 0 Å². The van der Waals surface area contributed by atoms with Crippen molar-refractivity contribution in [2.45, 2.75) is 12.8 Å². The number of carbonyl (C=O) groups is 1. The largest absolute Gasteiger partial charge is 0.384 e. The molecule has 0 radical (unpaired) electrons. The Morgan fingerprint density at radius 3 is 2.88 bits per heavy atom. The molecule has 0 aromatic rings. The van der Waals surface area contributed by atoms with Crippen molar-refractivity contribution in [3.63, 3.8) is 0 Å². The van der Waals surface area contributed by atoms with Crippen molar-refractivity contribution in [3.05, 3.63) is 0 Å². The van der Waals surface area contributed by atoms with Crippen LogP contribution in [-0.4, -0.2) is 63.8 Å². The molecule has 1 saturated heterocycles. The molecule has 1 heterocycles. The number of hydrogen-bond donors (Lipinski definition) is 2. The van der Waals surface area contributed by atoms with Crippen LogP contribution in [-0.2, 0) is 9.53 Å². The molecule has 0 aromatic heterocycles. The number of ether oxygens (including phenoxy) is 1. The van der Waals surface area contributed by atoms with Crippen LogP contribution in [0.25, 0.3) is 0 Å². The topological polar surface area (TPSA) is 53.6 Å². The molecule has 0 aromatic carbocycles. The number of piperazine rings is 1. The first-order valence-corrected chi connectivity index (χ1v) is 6.01. The van der Waals surface area contributed by atoms with Crippen LogP contribution >= 0.6 is 0 Å². The van der Waals surface area contributed by atoms with Crippen LogP contribution < -0.4 is 10.6 Å². The molecule has 1 fully saturated rings. The summed E-state index contributed by atoms with van der Waals surface area (Å²) in [5.74, 6) is 0.0853. The van der Waals surface area contributed by atoms with Gasteiger partial charge in [-0.2, -0.15) is 0 Å². The van der Waals surface area contributed by atoms with Crippen molar-refractivity contribution in [2.75, 3.05) is 53.0 Å². The Balaban J connectivity index is 1.92. The third-order valence-corrected chi connectivity index (χ3v) is 2.72. The highest BCUT2D eigenvalue weighted by Gasteiger charge is 2.08. The van der Waals surface area contributed by atoms with Crippen molar-refractivity contribution in [1.29, 1.82) is 0 Å². The minimum absolute atomic E-state index is 0.0853. The van der Waals surface area contributed by atoms with Gasteiger partial charge in [0, 0.05) is 46.3 Å². The number of nitrogens with one attached hydrogen (secondary N) is 2. The zero-order chi connectivity index (χ0) is 11.6. The molecule has 1 aliphatic rings. The molecule has 0 aliphatic carbocycles. The fourth-order valence-corrected chi connectivity index (χ4v) is 1.75. The van der Waals surface area contributed by atoms with Crippen molar-refractivity contribution < 1.29 is 9.53 Å². The number of hydrogen-bond acceptors (Lipinski definition) is 4. The van der Waals surface area contributed by atoms with E-state index in [0.29, 0.717) is 13.0 Å². The van der Waals surface area contributed by atoms with E-state index in [-0.39, 0.29) is 5.91 Å². The SMILES string of the molecule is COCCC(=O)NCCCN1CCNCC1. The lowest BCUT2D eigenvalue weighted by molar-refractivity contribution is -0.121. The normalized spacial score (nSPS) is 17.3. The number of carbonyl (C=O) groups excluding carboxylic acids is 1. The Bertz CT molecular complexity index is 194. The van der Waals surface area contributed by atoms with Gasteiger partial charge in [-0.05, 0) is 13.0 Å². The Hall–Kier alpha value is -0.650. The number of amides is 1. The maximum Gasteiger partial charge on any atom is 0.222 e. The van der Waals surface area contributed by atoms with Crippen LogP contribution in [0.2, 0.25) is 0 Å². The lowest BCUT2D eigenvalue weighted by Crippen LogP contribution is -2.44. The molecule has 94 valence electrons. The predicted molar refractivity (Wildman–Crippen MR) is 63.4 cm³/mol. The summed E-state index contributed by atoms with van der Waals surface area (Å²) < 4.78 is 4.84. The fraction of sp³-hybridized carbons (Fsp3) is 0.909. The predicted octanol–water partition coefficient (Wildman–Crippen LogP) is -0.566. The molecule has 1 amide bonds. The minimum Gasteiger partial charge on any atom is -0.384 e. The van der Waals surface area contributed by atoms with E-state index in [1.165, 1.54) is 0 Å². The zero-order valence-electron chi connectivity index (χ0n) is 10.1. The summed E-state index contributed by atoms with van der Waals surface area (Å²) in [7, 11) is 1.61. The molecule has 0 atom stereocenters. The van der Waals surface area contributed by atoms with Gasteiger partial charge in [0.05, 0.1) is 6.61 Å². The molecule has 1 aliphatic heterocycles. The average Bonchev–Trinajstić information content (AvgIpc) is 2.33. The van der Waals surface area contributed by atoms with Gasteiger partial charge in [0.15, 0.2) is 0 Å². The molecular weight excluding hydrogens is 206 g/mol. The maximum atomic E-state index is 11.2. The lowest BCUT2D eigenvalue weighted by Gasteiger charge is -2.27. The number of rotatable bonds is 7. The first-order chi connectivity index (χ1) is 7.83. The van der Waals surface area contributed by atoms with Gasteiger partial charge in [0.2, 0.25) is 5.91 Å². The minimum atomic E-state index is 0.0853. The van der Waals surface area contributed by atoms with E-state index < -0.39 is 0 Å². The summed E-state index contributed by atoms with van der Waals surface area (Å²) in [4.78, 5) is 13.7. The second-order valence-electron chi connectivity index (χ2n) is 4.04. The Kier molecular flexibility index (Phi) is 7.12. The Labute approximate surface area is 97.5 Å². The van der Waals surface area contributed by atoms with Crippen LogP contribution in [0.1, 0.15) is 12.8 Å². The van der Waals surface area contributed by atoms with E-state index in [1.807, 2.05) is 0 Å². The molecule has 2 N–H and O–H groups in total. The summed E-state index contributed by atoms with van der Waals surface area (Å²) in [6.45, 7) is 6.76. The Morgan fingerprint density at radius 2 is 2.19 bits per heavy atom. The summed E-state index contributed by atoms with van der Waals surface area (Å²) in [6.07, 6.45) is 1.49. The van der Waals surface area contributed by atoms with E-state index in [1.54, 1.807) is 7.11 Å². The van der Waals surface area contributed by atoms with Gasteiger partial charge >= 0.3 is 0 Å². The van der Waals surface area contributed by atoms with Crippen LogP contribution in [0.5, 0.6) is 0 Å². The second-order valence-corrected chi connectivity index (χ2v) is 4.04. The third kappa shape index (κ3) is 6.05. The van der Waals surface area contributed by atoms with Crippen LogP contribution in [0.15, 0.2) is 0 Å². The quantitative estimate of drug-likeness (QED) is 0.574. The molecule has 0 spiro atoms. The third-order valence-electron chi connectivity index (χ3n) is 2.72. The van der Waals surface area contributed by atoms with Crippen molar-refractivity contribution >= 4 is 5.91 Å². The standard InChI is InChI=1S/C11H23N3O2/c1-16-10-3-11(15)13-4-2-7-14-8-5-12-6-9-14/h12H,2-10H2,1H3,(H,13,15). The van der Waals surface area contributed by atoms with E-state index >= 15 is 0 Å². The van der Waals surface area contributed by atoms with Crippen LogP contribution in [0.3, 0.4) is 0 Å². The number of methoxy groups -OCH3 is 1. The fourth-order valence-electron chi connectivity index (χ4n) is 1.75. The molecule has 5 heteroatoms. The molecule has 1 rings (SSSR count). The van der Waals surface area contributed by atoms with Crippen molar-refractivity contribution in [1.82, 2.24) is 15.5 Å². The van der Waals surface area contributed by atoms with Crippen LogP contribution in [0, 0.1) is 0 Å². The molecule has 0 bridgehead atoms. The Morgan fingerprint density at radius 1 is 1.44 bits per heavy atom.